The van der Waals surface area contributed by atoms with Crippen LogP contribution < -0.4 is 56.3 Å². The molecule has 158 valence electrons. The molecule has 1 rings (SSSR count). The molecule has 0 spiro atoms. The number of carbonyl (C=O) groups excluding carboxylic acids is 3. The third-order valence-electron chi connectivity index (χ3n) is 1.71. The number of carboxylic acid groups (broad SMARTS) is 3. The highest BCUT2D eigenvalue weighted by Gasteiger charge is 2.10. The summed E-state index contributed by atoms with van der Waals surface area (Å²) in [6.07, 6.45) is 0. The topological polar surface area (TPSA) is 349 Å². The van der Waals surface area contributed by atoms with Crippen molar-refractivity contribution < 1.29 is 39.9 Å². The van der Waals surface area contributed by atoms with Gasteiger partial charge in [-0.15, -0.1) is 13.2 Å². The zero-order valence-electron chi connectivity index (χ0n) is 16.4. The minimum Gasteiger partial charge on any atom is -0.855 e. The molecule has 0 saturated carbocycles. The predicted molar refractivity (Wildman–Crippen MR) is 90.4 cm³/mol. The van der Waals surface area contributed by atoms with Gasteiger partial charge in [0.25, 0.3) is 0 Å². The van der Waals surface area contributed by atoms with E-state index in [4.69, 9.17) is 10.2 Å². The molecular weight excluding hydrogens is 354 g/mol. The molecule has 0 heterocycles. The molecule has 0 aliphatic carbocycles. The molecule has 0 saturated heterocycles. The Labute approximate surface area is 151 Å². The Morgan fingerprint density at radius 3 is 1.08 bits per heavy atom. The number of hydrogen-bond donors (Lipinski definition) is 5. The molecule has 0 aliphatic heterocycles. The van der Waals surface area contributed by atoms with E-state index in [2.05, 4.69) is 0 Å². The van der Waals surface area contributed by atoms with Crippen LogP contribution >= 0.6 is 0 Å². The van der Waals surface area contributed by atoms with Crippen LogP contribution in [0.4, 0.5) is 0 Å². The van der Waals surface area contributed by atoms with Crippen molar-refractivity contribution in [2.75, 3.05) is 13.2 Å². The van der Waals surface area contributed by atoms with E-state index < -0.39 is 34.6 Å². The first-order valence-corrected chi connectivity index (χ1v) is 5.71. The summed E-state index contributed by atoms with van der Waals surface area (Å²) in [6.45, 7) is 3.14. The Balaban J connectivity index is -0.0000000584. The fourth-order valence-corrected chi connectivity index (χ4v) is 1.11. The van der Waals surface area contributed by atoms with Crippen LogP contribution in [0.1, 0.15) is 44.9 Å². The predicted octanol–water partition coefficient (Wildman–Crippen LogP) is -2.61. The second-order valence-electron chi connectivity index (χ2n) is 3.17. The molecule has 0 aliphatic rings. The maximum absolute atomic E-state index is 10.6. The number of rotatable bonds is 3. The van der Waals surface area contributed by atoms with Crippen LogP contribution in [-0.2, 0) is 0 Å². The smallest absolute Gasteiger partial charge is 0.0728 e. The van der Waals surface area contributed by atoms with Crippen molar-refractivity contribution in [1.29, 1.82) is 0 Å². The molecule has 1 aromatic rings. The third kappa shape index (κ3) is 16.2. The van der Waals surface area contributed by atoms with Crippen molar-refractivity contribution in [2.45, 2.75) is 13.8 Å². The summed E-state index contributed by atoms with van der Waals surface area (Å²) in [6, 6.07) is 2.89. The van der Waals surface area contributed by atoms with E-state index in [0.717, 1.165) is 18.2 Å². The van der Waals surface area contributed by atoms with E-state index in [1.165, 1.54) is 0 Å². The van der Waals surface area contributed by atoms with E-state index in [1.54, 1.807) is 13.8 Å². The van der Waals surface area contributed by atoms with Gasteiger partial charge in [0.2, 0.25) is 0 Å². The van der Waals surface area contributed by atoms with Gasteiger partial charge < -0.3 is 70.7 Å². The first-order chi connectivity index (χ1) is 9.78. The SMILES string of the molecule is CC[O-].CC[O-].O=C([O-])c1cccc(C(=O)[O-])c1C(=O)[O-].[NH4+].[NH4+].[NH4+].[NH4+].[NH4+]. The fourth-order valence-electron chi connectivity index (χ4n) is 1.11. The first-order valence-electron chi connectivity index (χ1n) is 5.71. The van der Waals surface area contributed by atoms with Crippen LogP contribution in [0.2, 0.25) is 0 Å². The highest BCUT2D eigenvalue weighted by Crippen LogP contribution is 2.13. The normalized spacial score (nSPS) is 6.92. The zero-order valence-corrected chi connectivity index (χ0v) is 16.4. The van der Waals surface area contributed by atoms with Gasteiger partial charge >= 0.3 is 0 Å². The van der Waals surface area contributed by atoms with Gasteiger partial charge in [0.05, 0.1) is 17.9 Å². The summed E-state index contributed by atoms with van der Waals surface area (Å²) in [5.74, 6) is -5.50. The van der Waals surface area contributed by atoms with Crippen LogP contribution in [0.3, 0.4) is 0 Å². The summed E-state index contributed by atoms with van der Waals surface area (Å²) < 4.78 is 0. The Hall–Kier alpha value is -2.65. The van der Waals surface area contributed by atoms with Crippen LogP contribution in [0, 0.1) is 0 Å². The number of benzene rings is 1. The van der Waals surface area contributed by atoms with Crippen LogP contribution in [-0.4, -0.2) is 31.1 Å². The zero-order chi connectivity index (χ0) is 17.0. The molecule has 0 bridgehead atoms. The van der Waals surface area contributed by atoms with E-state index >= 15 is 0 Å². The molecule has 13 heteroatoms. The van der Waals surface area contributed by atoms with Gasteiger partial charge in [0, 0.05) is 16.7 Å². The van der Waals surface area contributed by atoms with Crippen molar-refractivity contribution in [2.24, 2.45) is 0 Å². The number of carbonyl (C=O) groups is 3. The van der Waals surface area contributed by atoms with Gasteiger partial charge in [0.1, 0.15) is 0 Å². The van der Waals surface area contributed by atoms with E-state index in [9.17, 15) is 29.7 Å². The summed E-state index contributed by atoms with van der Waals surface area (Å²) in [5, 5.41) is 49.4. The summed E-state index contributed by atoms with van der Waals surface area (Å²) in [7, 11) is 0. The monoisotopic (exact) mass is 387 g/mol. The molecule has 26 heavy (non-hydrogen) atoms. The minimum absolute atomic E-state index is 0. The van der Waals surface area contributed by atoms with Gasteiger partial charge in [-0.3, -0.25) is 0 Å². The molecule has 13 nitrogen and oxygen atoms in total. The van der Waals surface area contributed by atoms with Crippen LogP contribution in [0.5, 0.6) is 0 Å². The van der Waals surface area contributed by atoms with Gasteiger partial charge in [-0.25, -0.2) is 0 Å². The Morgan fingerprint density at radius 1 is 0.692 bits per heavy atom. The molecule has 0 amide bonds. The average molecular weight is 387 g/mol. The van der Waals surface area contributed by atoms with Gasteiger partial charge in [0.15, 0.2) is 0 Å². The first kappa shape index (κ1) is 43.6. The van der Waals surface area contributed by atoms with E-state index in [1.807, 2.05) is 0 Å². The van der Waals surface area contributed by atoms with Crippen molar-refractivity contribution in [1.82, 2.24) is 30.8 Å². The second kappa shape index (κ2) is 24.6. The van der Waals surface area contributed by atoms with E-state index in [0.29, 0.717) is 0 Å². The molecule has 0 atom stereocenters. The lowest BCUT2D eigenvalue weighted by molar-refractivity contribution is -0.362. The van der Waals surface area contributed by atoms with Gasteiger partial charge in [-0.05, 0) is 0 Å². The summed E-state index contributed by atoms with van der Waals surface area (Å²) in [5.41, 5.74) is -2.45. The van der Waals surface area contributed by atoms with Crippen molar-refractivity contribution in [3.05, 3.63) is 34.9 Å². The molecule has 0 unspecified atom stereocenters. The second-order valence-corrected chi connectivity index (χ2v) is 3.17. The maximum Gasteiger partial charge on any atom is 0.0728 e. The quantitative estimate of drug-likeness (QED) is 0.364. The van der Waals surface area contributed by atoms with Crippen molar-refractivity contribution >= 4 is 17.9 Å². The molecule has 0 radical (unpaired) electrons. The lowest BCUT2D eigenvalue weighted by Gasteiger charge is -2.16. The summed E-state index contributed by atoms with van der Waals surface area (Å²) in [4.78, 5) is 31.5. The van der Waals surface area contributed by atoms with Crippen molar-refractivity contribution in [3.8, 4) is 0 Å². The molecule has 1 aromatic carbocycles. The standard InChI is InChI=1S/C9H6O6.2C2H5O.5H3N/c10-7(11)4-2-1-3-5(8(12)13)6(4)9(14)15;2*1-2-3;;;;;/h1-3H,(H,10,11)(H,12,13)(H,14,15);2*2H2,1H3;5*1H3/q;2*-1;;;;;/p+2. The van der Waals surface area contributed by atoms with Gasteiger partial charge in [-0.2, -0.15) is 0 Å². The number of hydrogen-bond acceptors (Lipinski definition) is 8. The number of quaternary nitrogens is 5. The van der Waals surface area contributed by atoms with Crippen LogP contribution in [0.25, 0.3) is 0 Å². The highest BCUT2D eigenvalue weighted by atomic mass is 16.4. The molecule has 20 N–H and O–H groups in total. The number of aromatic carboxylic acids is 3. The minimum atomic E-state index is -1.91. The summed E-state index contributed by atoms with van der Waals surface area (Å²) >= 11 is 0. The lowest BCUT2D eigenvalue weighted by Crippen LogP contribution is -2.34. The number of carboxylic acids is 3. The lowest BCUT2D eigenvalue weighted by atomic mass is 10.0. The van der Waals surface area contributed by atoms with Crippen LogP contribution in [0.15, 0.2) is 18.2 Å². The van der Waals surface area contributed by atoms with E-state index in [-0.39, 0.29) is 44.0 Å². The van der Waals surface area contributed by atoms with Gasteiger partial charge in [-0.1, -0.05) is 32.0 Å². The third-order valence-corrected chi connectivity index (χ3v) is 1.71. The molecule has 0 fully saturated rings. The largest absolute Gasteiger partial charge is 0.855 e. The highest BCUT2D eigenvalue weighted by molar-refractivity contribution is 6.07. The molecule has 0 aromatic heterocycles. The van der Waals surface area contributed by atoms with Crippen molar-refractivity contribution in [3.63, 3.8) is 0 Å². The Bertz CT molecular complexity index is 465. The Kier molecular flexibility index (Phi) is 41.3. The molecular formula is C13H33N5O8. The average Bonchev–Trinajstić information content (AvgIpc) is 2.39. The fraction of sp³-hybridized carbons (Fsp3) is 0.308. The maximum atomic E-state index is 10.6. The Morgan fingerprint density at radius 2 is 0.923 bits per heavy atom.